The molecular weight excluding hydrogens is 364 g/mol. The zero-order valence-electron chi connectivity index (χ0n) is 16.8. The molecule has 3 unspecified atom stereocenters. The van der Waals surface area contributed by atoms with Gasteiger partial charge in [-0.25, -0.2) is 4.79 Å². The lowest BCUT2D eigenvalue weighted by Crippen LogP contribution is -2.28. The number of allylic oxidation sites excluding steroid dienone is 2. The number of ether oxygens (including phenoxy) is 1. The number of unbranched alkanes of at least 4 members (excludes halogenated alkanes) is 5. The van der Waals surface area contributed by atoms with Crippen LogP contribution in [0.5, 0.6) is 0 Å². The predicted molar refractivity (Wildman–Crippen MR) is 106 cm³/mol. The van der Waals surface area contributed by atoms with Crippen LogP contribution in [0.15, 0.2) is 24.3 Å². The molecule has 7 heteroatoms. The lowest BCUT2D eigenvalue weighted by molar-refractivity contribution is -0.167. The van der Waals surface area contributed by atoms with Crippen LogP contribution < -0.4 is 0 Å². The normalized spacial score (nSPS) is 15.0. The molecule has 0 aromatic heterocycles. The third-order valence-corrected chi connectivity index (χ3v) is 4.17. The average Bonchev–Trinajstić information content (AvgIpc) is 2.68. The Kier molecular flexibility index (Phi) is 16.6. The Hall–Kier alpha value is -1.54. The lowest BCUT2D eigenvalue weighted by atomic mass is 10.1. The van der Waals surface area contributed by atoms with E-state index in [0.29, 0.717) is 12.8 Å². The molecule has 28 heavy (non-hydrogen) atoms. The molecule has 0 aromatic carbocycles. The predicted octanol–water partition coefficient (Wildman–Crippen LogP) is 2.16. The summed E-state index contributed by atoms with van der Waals surface area (Å²) < 4.78 is 4.39. The minimum Gasteiger partial charge on any atom is -0.393 e. The summed E-state index contributed by atoms with van der Waals surface area (Å²) in [6.07, 6.45) is 11.9. The second-order valence-corrected chi connectivity index (χ2v) is 6.84. The Morgan fingerprint density at radius 3 is 1.96 bits per heavy atom. The molecule has 162 valence electrons. The molecular formula is C21H36O7. The molecule has 0 radical (unpaired) electrons. The molecule has 0 spiro atoms. The molecule has 0 aliphatic carbocycles. The molecule has 0 amide bonds. The van der Waals surface area contributed by atoms with Gasteiger partial charge in [-0.2, -0.15) is 0 Å². The molecule has 0 saturated carbocycles. The largest absolute Gasteiger partial charge is 0.393 e. The van der Waals surface area contributed by atoms with Gasteiger partial charge in [-0.05, 0) is 19.3 Å². The number of hydrogen-bond acceptors (Lipinski definition) is 7. The van der Waals surface area contributed by atoms with Crippen molar-refractivity contribution in [3.05, 3.63) is 24.3 Å². The molecule has 4 N–H and O–H groups in total. The third kappa shape index (κ3) is 15.5. The highest BCUT2D eigenvalue weighted by atomic mass is 16.6. The smallest absolute Gasteiger partial charge is 0.345 e. The van der Waals surface area contributed by atoms with E-state index in [1.807, 2.05) is 0 Å². The quantitative estimate of drug-likeness (QED) is 0.135. The Labute approximate surface area is 167 Å². The van der Waals surface area contributed by atoms with Crippen LogP contribution >= 0.6 is 0 Å². The third-order valence-electron chi connectivity index (χ3n) is 4.17. The van der Waals surface area contributed by atoms with E-state index in [4.69, 9.17) is 10.2 Å². The van der Waals surface area contributed by atoms with Crippen molar-refractivity contribution in [3.8, 4) is 0 Å². The van der Waals surface area contributed by atoms with Gasteiger partial charge in [0.15, 0.2) is 6.10 Å². The number of carbonyl (C=O) groups is 2. The van der Waals surface area contributed by atoms with Gasteiger partial charge in [-0.3, -0.25) is 4.79 Å². The first-order chi connectivity index (χ1) is 13.4. The van der Waals surface area contributed by atoms with Crippen molar-refractivity contribution in [2.75, 3.05) is 6.61 Å². The Bertz CT molecular complexity index is 473. The van der Waals surface area contributed by atoms with Gasteiger partial charge in [0.25, 0.3) is 0 Å². The van der Waals surface area contributed by atoms with Crippen molar-refractivity contribution < 1.29 is 34.8 Å². The Morgan fingerprint density at radius 1 is 0.857 bits per heavy atom. The summed E-state index contributed by atoms with van der Waals surface area (Å²) in [7, 11) is 0. The molecule has 7 nitrogen and oxygen atoms in total. The lowest BCUT2D eigenvalue weighted by Gasteiger charge is -2.07. The first-order valence-corrected chi connectivity index (χ1v) is 10.1. The Balaban J connectivity index is 3.67. The number of aliphatic hydroxyl groups is 4. The monoisotopic (exact) mass is 400 g/mol. The van der Waals surface area contributed by atoms with Gasteiger partial charge < -0.3 is 25.2 Å². The van der Waals surface area contributed by atoms with Gasteiger partial charge in [0.2, 0.25) is 0 Å². The van der Waals surface area contributed by atoms with E-state index in [0.717, 1.165) is 44.9 Å². The van der Waals surface area contributed by atoms with E-state index >= 15 is 0 Å². The second kappa shape index (κ2) is 17.6. The molecule has 0 saturated heterocycles. The summed E-state index contributed by atoms with van der Waals surface area (Å²) in [6, 6.07) is 0. The summed E-state index contributed by atoms with van der Waals surface area (Å²) >= 11 is 0. The first kappa shape index (κ1) is 26.5. The Morgan fingerprint density at radius 2 is 1.39 bits per heavy atom. The van der Waals surface area contributed by atoms with Crippen molar-refractivity contribution in [2.45, 2.75) is 89.4 Å². The minimum atomic E-state index is -1.67. The van der Waals surface area contributed by atoms with E-state index < -0.39 is 36.9 Å². The fraction of sp³-hybridized carbons (Fsp3) is 0.714. The maximum Gasteiger partial charge on any atom is 0.345 e. The molecule has 0 aromatic rings. The topological polar surface area (TPSA) is 124 Å². The highest BCUT2D eigenvalue weighted by Gasteiger charge is 2.18. The zero-order chi connectivity index (χ0) is 21.2. The van der Waals surface area contributed by atoms with Crippen LogP contribution in [-0.4, -0.2) is 57.3 Å². The highest BCUT2D eigenvalue weighted by Crippen LogP contribution is 2.10. The zero-order valence-corrected chi connectivity index (χ0v) is 16.8. The van der Waals surface area contributed by atoms with E-state index in [-0.39, 0.29) is 6.42 Å². The minimum absolute atomic E-state index is 0.0890. The van der Waals surface area contributed by atoms with Crippen molar-refractivity contribution in [1.82, 2.24) is 0 Å². The summed E-state index contributed by atoms with van der Waals surface area (Å²) in [5.41, 5.74) is 0. The number of hydrogen-bond donors (Lipinski definition) is 4. The van der Waals surface area contributed by atoms with Crippen molar-refractivity contribution in [2.24, 2.45) is 0 Å². The highest BCUT2D eigenvalue weighted by molar-refractivity contribution is 5.87. The van der Waals surface area contributed by atoms with Crippen LogP contribution in [0.25, 0.3) is 0 Å². The maximum atomic E-state index is 11.4. The van der Waals surface area contributed by atoms with E-state index in [9.17, 15) is 19.8 Å². The second-order valence-electron chi connectivity index (χ2n) is 6.84. The fourth-order valence-corrected chi connectivity index (χ4v) is 2.45. The van der Waals surface area contributed by atoms with Gasteiger partial charge in [-0.1, -0.05) is 69.8 Å². The first-order valence-electron chi connectivity index (χ1n) is 10.1. The van der Waals surface area contributed by atoms with Crippen LogP contribution in [0.2, 0.25) is 0 Å². The van der Waals surface area contributed by atoms with Gasteiger partial charge >= 0.3 is 11.9 Å². The van der Waals surface area contributed by atoms with Gasteiger partial charge in [0.1, 0.15) is 0 Å². The number of rotatable bonds is 16. The summed E-state index contributed by atoms with van der Waals surface area (Å²) in [6.45, 7) is 1.31. The standard InChI is InChI=1S/C21H36O7/c1-2-3-11-17(23)13-9-10-14-18(24)12-7-5-4-6-8-15-20(26)28-21(27)19(25)16-22/h9-10,13-14,17-19,22-25H,2-8,11-12,15-16H2,1H3. The van der Waals surface area contributed by atoms with Crippen LogP contribution in [-0.2, 0) is 14.3 Å². The fourth-order valence-electron chi connectivity index (χ4n) is 2.45. The molecule has 0 bridgehead atoms. The van der Waals surface area contributed by atoms with Gasteiger partial charge in [-0.15, -0.1) is 0 Å². The van der Waals surface area contributed by atoms with Crippen LogP contribution in [0, 0.1) is 0 Å². The van der Waals surface area contributed by atoms with E-state index in [2.05, 4.69) is 11.7 Å². The molecule has 0 heterocycles. The molecule has 0 rings (SSSR count). The molecule has 0 fully saturated rings. The van der Waals surface area contributed by atoms with E-state index in [1.54, 1.807) is 24.3 Å². The number of esters is 2. The SMILES string of the molecule is CCCCC(O)C=CC=CC(O)CCCCCCCC(=O)OC(=O)C(O)CO. The van der Waals surface area contributed by atoms with E-state index in [1.165, 1.54) is 0 Å². The number of aliphatic hydroxyl groups excluding tert-OH is 4. The molecule has 0 aliphatic rings. The summed E-state index contributed by atoms with van der Waals surface area (Å²) in [4.78, 5) is 22.5. The van der Waals surface area contributed by atoms with Crippen molar-refractivity contribution in [1.29, 1.82) is 0 Å². The van der Waals surface area contributed by atoms with Gasteiger partial charge in [0.05, 0.1) is 18.8 Å². The maximum absolute atomic E-state index is 11.4. The van der Waals surface area contributed by atoms with Gasteiger partial charge in [0, 0.05) is 6.42 Å². The van der Waals surface area contributed by atoms with Crippen LogP contribution in [0.3, 0.4) is 0 Å². The van der Waals surface area contributed by atoms with Crippen molar-refractivity contribution >= 4 is 11.9 Å². The average molecular weight is 401 g/mol. The van der Waals surface area contributed by atoms with Crippen molar-refractivity contribution in [3.63, 3.8) is 0 Å². The summed E-state index contributed by atoms with van der Waals surface area (Å²) in [5, 5.41) is 37.1. The molecule has 0 aliphatic heterocycles. The van der Waals surface area contributed by atoms with Crippen LogP contribution in [0.4, 0.5) is 0 Å². The molecule has 3 atom stereocenters. The van der Waals surface area contributed by atoms with Crippen LogP contribution in [0.1, 0.15) is 71.1 Å². The number of carbonyl (C=O) groups excluding carboxylic acids is 2. The summed E-state index contributed by atoms with van der Waals surface area (Å²) in [5.74, 6) is -1.83.